The number of aryl methyl sites for hydroxylation is 1. The SMILES string of the molecule is CCCCc1ccc(C#CCCCCCCCCCCO)[te]1. The molecule has 2 heteroatoms. The van der Waals surface area contributed by atoms with Gasteiger partial charge in [-0.05, 0) is 0 Å². The van der Waals surface area contributed by atoms with E-state index in [9.17, 15) is 0 Å². The van der Waals surface area contributed by atoms with Crippen molar-refractivity contribution in [2.75, 3.05) is 6.61 Å². The molecule has 0 bridgehead atoms. The Morgan fingerprint density at radius 3 is 2.27 bits per heavy atom. The van der Waals surface area contributed by atoms with E-state index in [1.807, 2.05) is 0 Å². The average Bonchev–Trinajstić information content (AvgIpc) is 2.98. The first kappa shape index (κ1) is 19.8. The van der Waals surface area contributed by atoms with E-state index >= 15 is 0 Å². The van der Waals surface area contributed by atoms with Crippen LogP contribution >= 0.6 is 0 Å². The van der Waals surface area contributed by atoms with Gasteiger partial charge in [0.05, 0.1) is 0 Å². The van der Waals surface area contributed by atoms with Crippen LogP contribution in [-0.4, -0.2) is 32.1 Å². The topological polar surface area (TPSA) is 20.2 Å². The van der Waals surface area contributed by atoms with E-state index in [1.165, 1.54) is 67.8 Å². The summed E-state index contributed by atoms with van der Waals surface area (Å²) in [6, 6.07) is 4.60. The third-order valence-corrected chi connectivity index (χ3v) is 6.89. The van der Waals surface area contributed by atoms with Gasteiger partial charge < -0.3 is 5.11 Å². The fraction of sp³-hybridized carbons (Fsp3) is 0.700. The van der Waals surface area contributed by atoms with Crippen molar-refractivity contribution >= 4 is 20.4 Å². The van der Waals surface area contributed by atoms with Crippen molar-refractivity contribution < 1.29 is 5.11 Å². The molecule has 0 amide bonds. The average molecular weight is 416 g/mol. The molecule has 0 aliphatic rings. The zero-order valence-corrected chi connectivity index (χ0v) is 16.5. The summed E-state index contributed by atoms with van der Waals surface area (Å²) in [5.41, 5.74) is 0. The maximum absolute atomic E-state index is 8.70. The van der Waals surface area contributed by atoms with E-state index in [0.717, 1.165) is 12.8 Å². The van der Waals surface area contributed by atoms with Gasteiger partial charge in [0.15, 0.2) is 0 Å². The normalized spacial score (nSPS) is 10.5. The minimum absolute atomic E-state index is 0.0949. The first-order valence-electron chi connectivity index (χ1n) is 9.05. The predicted molar refractivity (Wildman–Crippen MR) is 97.5 cm³/mol. The molecule has 1 N–H and O–H groups in total. The van der Waals surface area contributed by atoms with Crippen LogP contribution in [0.25, 0.3) is 0 Å². The molecule has 0 saturated heterocycles. The van der Waals surface area contributed by atoms with Crippen LogP contribution in [0.1, 0.15) is 84.7 Å². The molecule has 0 spiro atoms. The molecule has 1 aromatic heterocycles. The molecule has 0 aliphatic carbocycles. The third kappa shape index (κ3) is 10.5. The summed E-state index contributed by atoms with van der Waals surface area (Å²) < 4.78 is 3.14. The summed E-state index contributed by atoms with van der Waals surface area (Å²) in [7, 11) is 0. The summed E-state index contributed by atoms with van der Waals surface area (Å²) in [5.74, 6) is 6.78. The second kappa shape index (κ2) is 14.4. The van der Waals surface area contributed by atoms with Gasteiger partial charge in [-0.25, -0.2) is 0 Å². The van der Waals surface area contributed by atoms with Crippen LogP contribution in [0.2, 0.25) is 0 Å². The van der Waals surface area contributed by atoms with Gasteiger partial charge in [0.25, 0.3) is 0 Å². The van der Waals surface area contributed by atoms with Gasteiger partial charge in [0.1, 0.15) is 0 Å². The summed E-state index contributed by atoms with van der Waals surface area (Å²) >= 11 is -0.0949. The van der Waals surface area contributed by atoms with Gasteiger partial charge in [-0.15, -0.1) is 0 Å². The Kier molecular flexibility index (Phi) is 13.0. The van der Waals surface area contributed by atoms with Crippen LogP contribution in [0.15, 0.2) is 12.1 Å². The fourth-order valence-corrected chi connectivity index (χ4v) is 5.10. The van der Waals surface area contributed by atoms with Gasteiger partial charge in [-0.3, -0.25) is 0 Å². The first-order valence-corrected chi connectivity index (χ1v) is 11.4. The van der Waals surface area contributed by atoms with E-state index in [0.29, 0.717) is 6.61 Å². The molecule has 0 saturated carbocycles. The van der Waals surface area contributed by atoms with Gasteiger partial charge in [-0.1, -0.05) is 0 Å². The fourth-order valence-electron chi connectivity index (χ4n) is 2.47. The monoisotopic (exact) mass is 418 g/mol. The second-order valence-electron chi connectivity index (χ2n) is 5.97. The van der Waals surface area contributed by atoms with Crippen molar-refractivity contribution in [3.63, 3.8) is 0 Å². The Morgan fingerprint density at radius 1 is 0.909 bits per heavy atom. The zero-order chi connectivity index (χ0) is 15.9. The molecule has 1 rings (SSSR count). The van der Waals surface area contributed by atoms with Crippen molar-refractivity contribution in [1.29, 1.82) is 0 Å². The van der Waals surface area contributed by atoms with Crippen LogP contribution in [0.3, 0.4) is 0 Å². The number of hydrogen-bond acceptors (Lipinski definition) is 1. The standard InChI is InChI=1S/C20H32OTe/c1-2-3-14-19-16-17-20(22-19)15-12-10-8-6-4-5-7-9-11-13-18-21/h16-17,21H,2-11,13-14,18H2,1H3. The van der Waals surface area contributed by atoms with E-state index in [1.54, 1.807) is 3.58 Å². The Morgan fingerprint density at radius 2 is 1.59 bits per heavy atom. The Labute approximate surface area is 147 Å². The molecular weight excluding hydrogens is 384 g/mol. The molecule has 0 atom stereocenters. The van der Waals surface area contributed by atoms with Crippen molar-refractivity contribution in [2.45, 2.75) is 84.0 Å². The number of hydrogen-bond donors (Lipinski definition) is 1. The molecule has 0 unspecified atom stereocenters. The molecule has 1 nitrogen and oxygen atoms in total. The van der Waals surface area contributed by atoms with Crippen molar-refractivity contribution in [3.05, 3.63) is 19.3 Å². The first-order chi connectivity index (χ1) is 10.9. The second-order valence-corrected chi connectivity index (χ2v) is 9.31. The number of aliphatic hydroxyl groups excluding tert-OH is 1. The maximum atomic E-state index is 8.70. The Hall–Kier alpha value is -0.210. The molecule has 22 heavy (non-hydrogen) atoms. The summed E-state index contributed by atoms with van der Waals surface area (Å²) in [6.45, 7) is 2.62. The number of rotatable bonds is 12. The van der Waals surface area contributed by atoms with Crippen molar-refractivity contribution in [3.8, 4) is 11.8 Å². The molecule has 1 heterocycles. The Balaban J connectivity index is 1.99. The van der Waals surface area contributed by atoms with E-state index in [-0.39, 0.29) is 20.4 Å². The van der Waals surface area contributed by atoms with E-state index in [4.69, 9.17) is 5.11 Å². The van der Waals surface area contributed by atoms with E-state index < -0.39 is 0 Å². The number of unbranched alkanes of at least 4 members (excludes halogenated alkanes) is 9. The van der Waals surface area contributed by atoms with Crippen molar-refractivity contribution in [1.82, 2.24) is 0 Å². The van der Waals surface area contributed by atoms with E-state index in [2.05, 4.69) is 30.9 Å². The zero-order valence-electron chi connectivity index (χ0n) is 14.2. The van der Waals surface area contributed by atoms with Crippen LogP contribution in [0.5, 0.6) is 0 Å². The van der Waals surface area contributed by atoms with Crippen LogP contribution < -0.4 is 0 Å². The molecule has 124 valence electrons. The van der Waals surface area contributed by atoms with Crippen LogP contribution in [-0.2, 0) is 6.42 Å². The predicted octanol–water partition coefficient (Wildman–Crippen LogP) is 4.94. The van der Waals surface area contributed by atoms with Gasteiger partial charge >= 0.3 is 136 Å². The van der Waals surface area contributed by atoms with Crippen LogP contribution in [0.4, 0.5) is 0 Å². The number of aliphatic hydroxyl groups is 1. The molecule has 0 aromatic carbocycles. The molecule has 0 fully saturated rings. The third-order valence-electron chi connectivity index (χ3n) is 3.86. The summed E-state index contributed by atoms with van der Waals surface area (Å²) in [5, 5.41) is 8.70. The van der Waals surface area contributed by atoms with Gasteiger partial charge in [0.2, 0.25) is 0 Å². The summed E-state index contributed by atoms with van der Waals surface area (Å²) in [6.07, 6.45) is 15.1. The van der Waals surface area contributed by atoms with Crippen molar-refractivity contribution in [2.24, 2.45) is 0 Å². The minimum atomic E-state index is -0.0949. The molecule has 1 aromatic rings. The molecule has 0 aliphatic heterocycles. The Bertz CT molecular complexity index is 424. The molecular formula is C20H32OTe. The van der Waals surface area contributed by atoms with Gasteiger partial charge in [-0.2, -0.15) is 0 Å². The molecule has 0 radical (unpaired) electrons. The van der Waals surface area contributed by atoms with Crippen LogP contribution in [0, 0.1) is 11.8 Å². The van der Waals surface area contributed by atoms with Gasteiger partial charge in [0, 0.05) is 6.61 Å². The quantitative estimate of drug-likeness (QED) is 0.291. The summed E-state index contributed by atoms with van der Waals surface area (Å²) in [4.78, 5) is 0.